The molecule has 1 heterocycles. The van der Waals surface area contributed by atoms with E-state index in [1.54, 1.807) is 18.4 Å². The van der Waals surface area contributed by atoms with E-state index in [2.05, 4.69) is 11.8 Å². The minimum Gasteiger partial charge on any atom is -0.444 e. The first kappa shape index (κ1) is 10.3. The fourth-order valence-corrected chi connectivity index (χ4v) is 1.30. The Hall–Kier alpha value is -2.27. The van der Waals surface area contributed by atoms with Crippen LogP contribution in [0.4, 0.5) is 0 Å². The molecule has 0 bridgehead atoms. The number of benzene rings is 1. The lowest BCUT2D eigenvalue weighted by atomic mass is 10.1. The molecule has 77 valence electrons. The minimum atomic E-state index is 0.175. The molecule has 0 N–H and O–H groups in total. The van der Waals surface area contributed by atoms with Crippen LogP contribution < -0.4 is 0 Å². The Bertz CT molecular complexity index is 568. The molecule has 0 saturated carbocycles. The van der Waals surface area contributed by atoms with Crippen LogP contribution in [0.15, 0.2) is 40.8 Å². The summed E-state index contributed by atoms with van der Waals surface area (Å²) < 4.78 is 5.10. The summed E-state index contributed by atoms with van der Waals surface area (Å²) in [6.07, 6.45) is 1.67. The SMILES string of the molecule is Cc1ccccc1C#Cc1ccc([C]=O)o1. The second kappa shape index (κ2) is 4.50. The highest BCUT2D eigenvalue weighted by Gasteiger charge is 1.97. The molecule has 0 unspecified atom stereocenters. The molecule has 0 aliphatic rings. The van der Waals surface area contributed by atoms with E-state index in [1.807, 2.05) is 31.2 Å². The number of aryl methyl sites for hydroxylation is 1. The van der Waals surface area contributed by atoms with E-state index in [0.717, 1.165) is 11.1 Å². The summed E-state index contributed by atoms with van der Waals surface area (Å²) in [7, 11) is 0. The van der Waals surface area contributed by atoms with Crippen LogP contribution >= 0.6 is 0 Å². The third kappa shape index (κ3) is 2.21. The molecule has 0 spiro atoms. The second-order valence-corrected chi connectivity index (χ2v) is 3.33. The lowest BCUT2D eigenvalue weighted by Crippen LogP contribution is -1.79. The van der Waals surface area contributed by atoms with Crippen LogP contribution in [0.25, 0.3) is 0 Å². The van der Waals surface area contributed by atoms with Crippen molar-refractivity contribution in [2.45, 2.75) is 6.92 Å². The smallest absolute Gasteiger partial charge is 0.271 e. The first-order chi connectivity index (χ1) is 7.79. The largest absolute Gasteiger partial charge is 0.444 e. The molecule has 1 aromatic heterocycles. The van der Waals surface area contributed by atoms with E-state index in [1.165, 1.54) is 0 Å². The van der Waals surface area contributed by atoms with Crippen molar-refractivity contribution in [2.75, 3.05) is 0 Å². The molecule has 0 aliphatic carbocycles. The van der Waals surface area contributed by atoms with Gasteiger partial charge in [-0.15, -0.1) is 0 Å². The van der Waals surface area contributed by atoms with E-state index in [9.17, 15) is 4.79 Å². The molecule has 2 aromatic rings. The molecule has 2 rings (SSSR count). The van der Waals surface area contributed by atoms with Crippen LogP contribution in [-0.2, 0) is 4.79 Å². The molecule has 0 amide bonds. The number of rotatable bonds is 1. The van der Waals surface area contributed by atoms with Crippen molar-refractivity contribution in [3.63, 3.8) is 0 Å². The lowest BCUT2D eigenvalue weighted by molar-refractivity contribution is 0.512. The summed E-state index contributed by atoms with van der Waals surface area (Å²) in [4.78, 5) is 10.3. The van der Waals surface area contributed by atoms with Gasteiger partial charge in [0.1, 0.15) is 0 Å². The molecule has 2 heteroatoms. The van der Waals surface area contributed by atoms with Crippen LogP contribution in [0.2, 0.25) is 0 Å². The van der Waals surface area contributed by atoms with Crippen molar-refractivity contribution in [2.24, 2.45) is 0 Å². The monoisotopic (exact) mass is 209 g/mol. The Morgan fingerprint density at radius 2 is 1.75 bits per heavy atom. The predicted molar refractivity (Wildman–Crippen MR) is 60.7 cm³/mol. The molecule has 16 heavy (non-hydrogen) atoms. The van der Waals surface area contributed by atoms with Gasteiger partial charge < -0.3 is 4.42 Å². The van der Waals surface area contributed by atoms with Crippen molar-refractivity contribution in [1.29, 1.82) is 0 Å². The molecule has 0 aliphatic heterocycles. The van der Waals surface area contributed by atoms with E-state index < -0.39 is 0 Å². The highest BCUT2D eigenvalue weighted by Crippen LogP contribution is 2.07. The summed E-state index contributed by atoms with van der Waals surface area (Å²) in [6.45, 7) is 2.00. The van der Waals surface area contributed by atoms with Gasteiger partial charge in [-0.05, 0) is 36.6 Å². The lowest BCUT2D eigenvalue weighted by Gasteiger charge is -1.94. The Balaban J connectivity index is 2.28. The highest BCUT2D eigenvalue weighted by molar-refractivity contribution is 5.71. The maximum atomic E-state index is 10.3. The van der Waals surface area contributed by atoms with Crippen molar-refractivity contribution >= 4 is 6.29 Å². The Morgan fingerprint density at radius 1 is 1.00 bits per heavy atom. The van der Waals surface area contributed by atoms with E-state index in [4.69, 9.17) is 4.42 Å². The maximum absolute atomic E-state index is 10.3. The van der Waals surface area contributed by atoms with Crippen molar-refractivity contribution in [1.82, 2.24) is 0 Å². The van der Waals surface area contributed by atoms with Crippen molar-refractivity contribution in [3.8, 4) is 11.8 Å². The fraction of sp³-hybridized carbons (Fsp3) is 0.0714. The molecule has 0 saturated heterocycles. The van der Waals surface area contributed by atoms with Gasteiger partial charge in [0.2, 0.25) is 0 Å². The van der Waals surface area contributed by atoms with Gasteiger partial charge in [-0.3, -0.25) is 4.79 Å². The first-order valence-electron chi connectivity index (χ1n) is 4.85. The normalized spacial score (nSPS) is 9.31. The zero-order valence-corrected chi connectivity index (χ0v) is 8.78. The summed E-state index contributed by atoms with van der Waals surface area (Å²) in [5, 5.41) is 0. The van der Waals surface area contributed by atoms with Crippen LogP contribution in [-0.4, -0.2) is 6.29 Å². The molecular formula is C14H9O2. The topological polar surface area (TPSA) is 30.2 Å². The zero-order valence-electron chi connectivity index (χ0n) is 8.78. The fourth-order valence-electron chi connectivity index (χ4n) is 1.30. The maximum Gasteiger partial charge on any atom is 0.271 e. The summed E-state index contributed by atoms with van der Waals surface area (Å²) in [5.41, 5.74) is 2.07. The minimum absolute atomic E-state index is 0.175. The molecular weight excluding hydrogens is 200 g/mol. The molecule has 0 fully saturated rings. The number of hydrogen-bond acceptors (Lipinski definition) is 2. The van der Waals surface area contributed by atoms with Gasteiger partial charge in [0.15, 0.2) is 11.5 Å². The third-order valence-corrected chi connectivity index (χ3v) is 2.17. The average molecular weight is 209 g/mol. The van der Waals surface area contributed by atoms with Gasteiger partial charge in [0.05, 0.1) is 0 Å². The van der Waals surface area contributed by atoms with Crippen LogP contribution in [0, 0.1) is 18.8 Å². The summed E-state index contributed by atoms with van der Waals surface area (Å²) >= 11 is 0. The first-order valence-corrected chi connectivity index (χ1v) is 4.85. The van der Waals surface area contributed by atoms with Crippen LogP contribution in [0.1, 0.15) is 22.6 Å². The summed E-state index contributed by atoms with van der Waals surface area (Å²) in [5.74, 6) is 6.50. The average Bonchev–Trinajstić information content (AvgIpc) is 2.76. The Morgan fingerprint density at radius 3 is 2.44 bits per heavy atom. The number of carbonyl (C=O) groups excluding carboxylic acids is 1. The van der Waals surface area contributed by atoms with E-state index in [0.29, 0.717) is 5.76 Å². The van der Waals surface area contributed by atoms with Gasteiger partial charge >= 0.3 is 0 Å². The molecule has 2 nitrogen and oxygen atoms in total. The van der Waals surface area contributed by atoms with Crippen molar-refractivity contribution < 1.29 is 9.21 Å². The van der Waals surface area contributed by atoms with Gasteiger partial charge in [0, 0.05) is 5.56 Å². The van der Waals surface area contributed by atoms with Gasteiger partial charge in [0.25, 0.3) is 6.29 Å². The second-order valence-electron chi connectivity index (χ2n) is 3.33. The quantitative estimate of drug-likeness (QED) is 0.675. The van der Waals surface area contributed by atoms with Crippen molar-refractivity contribution in [3.05, 3.63) is 59.0 Å². The van der Waals surface area contributed by atoms with E-state index >= 15 is 0 Å². The Labute approximate surface area is 93.9 Å². The number of furan rings is 1. The Kier molecular flexibility index (Phi) is 2.88. The standard InChI is InChI=1S/C14H9O2/c1-11-4-2-3-5-12(11)6-7-13-8-9-14(10-15)16-13/h2-5,8-9H,1H3. The van der Waals surface area contributed by atoms with Gasteiger partial charge in [-0.2, -0.15) is 0 Å². The molecule has 1 radical (unpaired) electrons. The summed E-state index contributed by atoms with van der Waals surface area (Å²) in [6, 6.07) is 11.0. The van der Waals surface area contributed by atoms with Crippen LogP contribution in [0.3, 0.4) is 0 Å². The molecule has 1 aromatic carbocycles. The van der Waals surface area contributed by atoms with Crippen LogP contribution in [0.5, 0.6) is 0 Å². The third-order valence-electron chi connectivity index (χ3n) is 2.17. The van der Waals surface area contributed by atoms with Gasteiger partial charge in [-0.1, -0.05) is 24.1 Å². The van der Waals surface area contributed by atoms with Gasteiger partial charge in [-0.25, -0.2) is 0 Å². The zero-order chi connectivity index (χ0) is 11.4. The highest BCUT2D eigenvalue weighted by atomic mass is 16.3. The van der Waals surface area contributed by atoms with E-state index in [-0.39, 0.29) is 5.76 Å². The number of hydrogen-bond donors (Lipinski definition) is 0. The predicted octanol–water partition coefficient (Wildman–Crippen LogP) is 2.45. The molecule has 0 atom stereocenters.